The molecule has 2 unspecified atom stereocenters. The molecule has 0 N–H and O–H groups in total. The van der Waals surface area contributed by atoms with Crippen LogP contribution in [0.15, 0.2) is 23.1 Å². The average molecular weight is 477 g/mol. The molecular formula is C26H40N2O4S. The molecule has 1 aromatic rings. The predicted molar refractivity (Wildman–Crippen MR) is 130 cm³/mol. The van der Waals surface area contributed by atoms with Crippen LogP contribution in [0.3, 0.4) is 0 Å². The summed E-state index contributed by atoms with van der Waals surface area (Å²) in [4.78, 5) is 18.5. The van der Waals surface area contributed by atoms with Gasteiger partial charge in [-0.1, -0.05) is 25.0 Å². The Balaban J connectivity index is 1.47. The van der Waals surface area contributed by atoms with Crippen molar-refractivity contribution in [1.82, 2.24) is 9.80 Å². The molecule has 6 nitrogen and oxygen atoms in total. The lowest BCUT2D eigenvalue weighted by atomic mass is 9.94. The predicted octanol–water partition coefficient (Wildman–Crippen LogP) is 3.74. The highest BCUT2D eigenvalue weighted by atomic mass is 32.2. The minimum atomic E-state index is -3.76. The summed E-state index contributed by atoms with van der Waals surface area (Å²) in [5.74, 6) is 0.384. The third-order valence-corrected chi connectivity index (χ3v) is 10.5. The normalized spacial score (nSPS) is 27.1. The number of amides is 1. The number of nitrogens with zero attached hydrogens (tertiary/aromatic N) is 2. The zero-order chi connectivity index (χ0) is 23.8. The maximum atomic E-state index is 13.9. The fraction of sp³-hybridized carbons (Fsp3) is 0.731. The van der Waals surface area contributed by atoms with Crippen LogP contribution in [-0.2, 0) is 19.4 Å². The number of morpholine rings is 1. The summed E-state index contributed by atoms with van der Waals surface area (Å²) in [5, 5.41) is 0. The van der Waals surface area contributed by atoms with Gasteiger partial charge >= 0.3 is 0 Å². The minimum absolute atomic E-state index is 0.159. The molecule has 1 amide bonds. The fourth-order valence-corrected chi connectivity index (χ4v) is 8.60. The number of benzene rings is 1. The van der Waals surface area contributed by atoms with Gasteiger partial charge in [-0.2, -0.15) is 0 Å². The summed E-state index contributed by atoms with van der Waals surface area (Å²) < 4.78 is 32.4. The van der Waals surface area contributed by atoms with Crippen molar-refractivity contribution in [2.45, 2.75) is 88.1 Å². The van der Waals surface area contributed by atoms with Gasteiger partial charge in [0.25, 0.3) is 0 Å². The maximum absolute atomic E-state index is 13.9. The molecule has 4 rings (SSSR count). The number of hydrogen-bond acceptors (Lipinski definition) is 5. The van der Waals surface area contributed by atoms with Gasteiger partial charge in [-0.15, -0.1) is 0 Å². The number of ether oxygens (including phenoxy) is 1. The molecule has 1 aromatic carbocycles. The molecule has 3 aliphatic rings. The first-order valence-electron chi connectivity index (χ1n) is 12.6. The largest absolute Gasteiger partial charge is 0.373 e. The van der Waals surface area contributed by atoms with Crippen molar-refractivity contribution in [2.24, 2.45) is 5.92 Å². The van der Waals surface area contributed by atoms with Gasteiger partial charge in [0.15, 0.2) is 14.6 Å². The molecule has 3 fully saturated rings. The van der Waals surface area contributed by atoms with Crippen molar-refractivity contribution in [3.63, 3.8) is 0 Å². The number of carbonyl (C=O) groups is 1. The maximum Gasteiger partial charge on any atom is 0.244 e. The van der Waals surface area contributed by atoms with Gasteiger partial charge in [-0.05, 0) is 76.5 Å². The van der Waals surface area contributed by atoms with Crippen LogP contribution < -0.4 is 0 Å². The lowest BCUT2D eigenvalue weighted by molar-refractivity contribution is -0.135. The smallest absolute Gasteiger partial charge is 0.244 e. The van der Waals surface area contributed by atoms with Crippen molar-refractivity contribution >= 4 is 15.7 Å². The second-order valence-corrected chi connectivity index (χ2v) is 12.9. The highest BCUT2D eigenvalue weighted by Crippen LogP contribution is 2.43. The number of aryl methyl sites for hydroxylation is 2. The summed E-state index contributed by atoms with van der Waals surface area (Å²) in [6.45, 7) is 12.3. The van der Waals surface area contributed by atoms with Gasteiger partial charge in [-0.25, -0.2) is 8.42 Å². The second-order valence-electron chi connectivity index (χ2n) is 10.7. The van der Waals surface area contributed by atoms with Gasteiger partial charge in [0.1, 0.15) is 0 Å². The quantitative estimate of drug-likeness (QED) is 0.648. The van der Waals surface area contributed by atoms with Gasteiger partial charge in [-0.3, -0.25) is 9.69 Å². The SMILES string of the molecule is Cc1ccc(C)c(S(=O)(=O)C2(C(=O)N3CCC(CN4CC(C)OC(C)C4)CC3)CCCC2)c1. The van der Waals surface area contributed by atoms with Crippen molar-refractivity contribution in [2.75, 3.05) is 32.7 Å². The Hall–Kier alpha value is -1.44. The Bertz CT molecular complexity index is 953. The lowest BCUT2D eigenvalue weighted by Crippen LogP contribution is -2.55. The highest BCUT2D eigenvalue weighted by Gasteiger charge is 2.55. The Morgan fingerprint density at radius 2 is 1.67 bits per heavy atom. The average Bonchev–Trinajstić information content (AvgIpc) is 3.26. The molecular weight excluding hydrogens is 436 g/mol. The first-order valence-corrected chi connectivity index (χ1v) is 14.1. The van der Waals surface area contributed by atoms with Crippen LogP contribution >= 0.6 is 0 Å². The first-order chi connectivity index (χ1) is 15.6. The van der Waals surface area contributed by atoms with Crippen molar-refractivity contribution in [3.05, 3.63) is 29.3 Å². The van der Waals surface area contributed by atoms with Crippen LogP contribution in [0.1, 0.15) is 63.5 Å². The van der Waals surface area contributed by atoms with Crippen molar-refractivity contribution in [3.8, 4) is 0 Å². The molecule has 1 saturated carbocycles. The van der Waals surface area contributed by atoms with Crippen molar-refractivity contribution < 1.29 is 17.9 Å². The monoisotopic (exact) mass is 476 g/mol. The van der Waals surface area contributed by atoms with E-state index in [0.29, 0.717) is 36.7 Å². The van der Waals surface area contributed by atoms with E-state index in [1.807, 2.05) is 30.9 Å². The van der Waals surface area contributed by atoms with Gasteiger partial charge in [0, 0.05) is 32.7 Å². The number of sulfone groups is 1. The number of carbonyl (C=O) groups excluding carboxylic acids is 1. The molecule has 33 heavy (non-hydrogen) atoms. The number of hydrogen-bond donors (Lipinski definition) is 0. The Morgan fingerprint density at radius 3 is 2.27 bits per heavy atom. The molecule has 0 aromatic heterocycles. The Morgan fingerprint density at radius 1 is 1.06 bits per heavy atom. The molecule has 184 valence electrons. The van der Waals surface area contributed by atoms with Gasteiger partial charge < -0.3 is 9.64 Å². The zero-order valence-corrected chi connectivity index (χ0v) is 21.5. The summed E-state index contributed by atoms with van der Waals surface area (Å²) in [5.41, 5.74) is 1.64. The molecule has 0 radical (unpaired) electrons. The van der Waals surface area contributed by atoms with Crippen LogP contribution in [0.4, 0.5) is 0 Å². The Kier molecular flexibility index (Phi) is 7.23. The number of likely N-dealkylation sites (tertiary alicyclic amines) is 1. The van der Waals surface area contributed by atoms with E-state index in [-0.39, 0.29) is 18.1 Å². The van der Waals surface area contributed by atoms with Crippen LogP contribution in [0.25, 0.3) is 0 Å². The van der Waals surface area contributed by atoms with E-state index in [1.54, 1.807) is 6.07 Å². The third-order valence-electron chi connectivity index (χ3n) is 7.86. The lowest BCUT2D eigenvalue weighted by Gasteiger charge is -2.41. The van der Waals surface area contributed by atoms with E-state index in [4.69, 9.17) is 4.74 Å². The minimum Gasteiger partial charge on any atom is -0.373 e. The molecule has 2 saturated heterocycles. The first kappa shape index (κ1) is 24.7. The summed E-state index contributed by atoms with van der Waals surface area (Å²) in [6.07, 6.45) is 4.84. The zero-order valence-electron chi connectivity index (χ0n) is 20.7. The van der Waals surface area contributed by atoms with E-state index in [0.717, 1.165) is 56.4 Å². The molecule has 0 spiro atoms. The van der Waals surface area contributed by atoms with Crippen LogP contribution in [0.2, 0.25) is 0 Å². The molecule has 0 bridgehead atoms. The summed E-state index contributed by atoms with van der Waals surface area (Å²) >= 11 is 0. The molecule has 2 aliphatic heterocycles. The number of rotatable bonds is 5. The van der Waals surface area contributed by atoms with Crippen molar-refractivity contribution in [1.29, 1.82) is 0 Å². The van der Waals surface area contributed by atoms with E-state index >= 15 is 0 Å². The van der Waals surface area contributed by atoms with Crippen LogP contribution in [-0.4, -0.2) is 73.8 Å². The van der Waals surface area contributed by atoms with E-state index in [1.165, 1.54) is 0 Å². The molecule has 1 aliphatic carbocycles. The second kappa shape index (κ2) is 9.67. The third kappa shape index (κ3) is 4.87. The standard InChI is InChI=1S/C26H40N2O4S/c1-19-7-8-20(2)24(15-19)33(30,31)26(11-5-6-12-26)25(29)28-13-9-23(10-14-28)18-27-16-21(3)32-22(4)17-27/h7-8,15,21-23H,5-6,9-14,16-18H2,1-4H3. The van der Waals surface area contributed by atoms with Gasteiger partial charge in [0.05, 0.1) is 17.1 Å². The highest BCUT2D eigenvalue weighted by molar-refractivity contribution is 7.93. The molecule has 2 atom stereocenters. The van der Waals surface area contributed by atoms with Crippen LogP contribution in [0, 0.1) is 19.8 Å². The summed E-state index contributed by atoms with van der Waals surface area (Å²) in [6, 6.07) is 5.53. The van der Waals surface area contributed by atoms with E-state index < -0.39 is 14.6 Å². The summed E-state index contributed by atoms with van der Waals surface area (Å²) in [7, 11) is -3.76. The topological polar surface area (TPSA) is 66.9 Å². The Labute approximate surface area is 199 Å². The molecule has 2 heterocycles. The van der Waals surface area contributed by atoms with E-state index in [9.17, 15) is 13.2 Å². The fourth-order valence-electron chi connectivity index (χ4n) is 6.16. The number of piperidine rings is 1. The van der Waals surface area contributed by atoms with Gasteiger partial charge in [0.2, 0.25) is 5.91 Å². The van der Waals surface area contributed by atoms with E-state index in [2.05, 4.69) is 18.7 Å². The molecule has 7 heteroatoms. The van der Waals surface area contributed by atoms with Crippen LogP contribution in [0.5, 0.6) is 0 Å².